The minimum Gasteiger partial charge on any atom is -0.444 e. The van der Waals surface area contributed by atoms with E-state index in [1.807, 2.05) is 20.8 Å². The van der Waals surface area contributed by atoms with E-state index in [1.54, 1.807) is 12.4 Å². The van der Waals surface area contributed by atoms with Crippen molar-refractivity contribution >= 4 is 17.7 Å². The summed E-state index contributed by atoms with van der Waals surface area (Å²) in [6.45, 7) is 8.81. The Balaban J connectivity index is 1.79. The fourth-order valence-corrected chi connectivity index (χ4v) is 2.84. The fraction of sp³-hybridized carbons (Fsp3) is 0.688. The molecule has 1 amide bonds. The predicted molar refractivity (Wildman–Crippen MR) is 89.3 cm³/mol. The summed E-state index contributed by atoms with van der Waals surface area (Å²) >= 11 is 6.07. The summed E-state index contributed by atoms with van der Waals surface area (Å²) in [6, 6.07) is 0. The normalized spacial score (nSPS) is 19.4. The zero-order chi connectivity index (χ0) is 16.9. The van der Waals surface area contributed by atoms with Crippen molar-refractivity contribution in [1.82, 2.24) is 20.2 Å². The molecule has 7 heteroatoms. The van der Waals surface area contributed by atoms with Crippen molar-refractivity contribution < 1.29 is 9.53 Å². The van der Waals surface area contributed by atoms with Gasteiger partial charge in [0.05, 0.1) is 5.69 Å². The second-order valence-electron chi connectivity index (χ2n) is 6.92. The van der Waals surface area contributed by atoms with E-state index in [1.165, 1.54) is 0 Å². The van der Waals surface area contributed by atoms with Gasteiger partial charge < -0.3 is 10.1 Å². The number of halogens is 1. The molecule has 1 atom stereocenters. The Morgan fingerprint density at radius 3 is 2.87 bits per heavy atom. The lowest BCUT2D eigenvalue weighted by Gasteiger charge is -2.32. The Bertz CT molecular complexity index is 533. The summed E-state index contributed by atoms with van der Waals surface area (Å²) in [5, 5.41) is 3.32. The molecule has 23 heavy (non-hydrogen) atoms. The zero-order valence-electron chi connectivity index (χ0n) is 14.0. The molecule has 0 bridgehead atoms. The Kier molecular flexibility index (Phi) is 6.18. The second-order valence-corrected chi connectivity index (χ2v) is 7.28. The summed E-state index contributed by atoms with van der Waals surface area (Å²) in [5.74, 6) is 0.409. The van der Waals surface area contributed by atoms with Crippen LogP contribution in [0.25, 0.3) is 0 Å². The van der Waals surface area contributed by atoms with Gasteiger partial charge in [0.1, 0.15) is 5.60 Å². The SMILES string of the molecule is CC(C)(C)OC(=O)NC[C@@H]1CCCN(Cc2nccnc2Cl)C1. The van der Waals surface area contributed by atoms with Crippen molar-refractivity contribution in [1.29, 1.82) is 0 Å². The minimum atomic E-state index is -0.467. The third-order valence-corrected chi connectivity index (χ3v) is 3.95. The molecule has 1 aliphatic heterocycles. The first-order chi connectivity index (χ1) is 10.8. The molecule has 1 aromatic rings. The monoisotopic (exact) mass is 340 g/mol. The molecule has 6 nitrogen and oxygen atoms in total. The molecule has 0 aliphatic carbocycles. The van der Waals surface area contributed by atoms with Crippen LogP contribution in [0.1, 0.15) is 39.3 Å². The molecule has 0 spiro atoms. The lowest BCUT2D eigenvalue weighted by atomic mass is 9.98. The number of likely N-dealkylation sites (tertiary alicyclic amines) is 1. The van der Waals surface area contributed by atoms with Gasteiger partial charge in [-0.15, -0.1) is 0 Å². The first-order valence-electron chi connectivity index (χ1n) is 7.98. The van der Waals surface area contributed by atoms with Crippen molar-refractivity contribution in [3.63, 3.8) is 0 Å². The van der Waals surface area contributed by atoms with Crippen LogP contribution in [0.4, 0.5) is 4.79 Å². The number of nitrogens with zero attached hydrogens (tertiary/aromatic N) is 3. The fourth-order valence-electron chi connectivity index (χ4n) is 2.67. The summed E-state index contributed by atoms with van der Waals surface area (Å²) < 4.78 is 5.27. The molecule has 0 unspecified atom stereocenters. The Labute approximate surface area is 142 Å². The van der Waals surface area contributed by atoms with Crippen LogP contribution in [0.2, 0.25) is 5.15 Å². The lowest BCUT2D eigenvalue weighted by molar-refractivity contribution is 0.0506. The highest BCUT2D eigenvalue weighted by Gasteiger charge is 2.23. The smallest absolute Gasteiger partial charge is 0.407 e. The number of hydrogen-bond acceptors (Lipinski definition) is 5. The van der Waals surface area contributed by atoms with Gasteiger partial charge in [-0.3, -0.25) is 9.88 Å². The Hall–Kier alpha value is -1.40. The van der Waals surface area contributed by atoms with Crippen molar-refractivity contribution in [2.24, 2.45) is 5.92 Å². The highest BCUT2D eigenvalue weighted by Crippen LogP contribution is 2.19. The van der Waals surface area contributed by atoms with Crippen LogP contribution in [0.3, 0.4) is 0 Å². The van der Waals surface area contributed by atoms with Gasteiger partial charge in [-0.2, -0.15) is 0 Å². The van der Waals surface area contributed by atoms with E-state index < -0.39 is 5.60 Å². The molecule has 0 radical (unpaired) electrons. The lowest BCUT2D eigenvalue weighted by Crippen LogP contribution is -2.42. The van der Waals surface area contributed by atoms with Crippen LogP contribution in [0.15, 0.2) is 12.4 Å². The second kappa shape index (κ2) is 7.93. The molecule has 0 aromatic carbocycles. The van der Waals surface area contributed by atoms with E-state index in [9.17, 15) is 4.79 Å². The number of nitrogens with one attached hydrogen (secondary N) is 1. The zero-order valence-corrected chi connectivity index (χ0v) is 14.8. The maximum atomic E-state index is 11.7. The van der Waals surface area contributed by atoms with Crippen LogP contribution >= 0.6 is 11.6 Å². The number of carbonyl (C=O) groups is 1. The molecule has 1 saturated heterocycles. The molecule has 1 aromatic heterocycles. The Morgan fingerprint density at radius 2 is 2.17 bits per heavy atom. The molecule has 128 valence electrons. The topological polar surface area (TPSA) is 67.3 Å². The molecule has 1 aliphatic rings. The number of hydrogen-bond donors (Lipinski definition) is 1. The summed E-state index contributed by atoms with van der Waals surface area (Å²) in [6.07, 6.45) is 5.09. The first kappa shape index (κ1) is 17.9. The number of rotatable bonds is 4. The number of carbonyl (C=O) groups excluding carboxylic acids is 1. The maximum Gasteiger partial charge on any atom is 0.407 e. The van der Waals surface area contributed by atoms with Crippen molar-refractivity contribution in [3.05, 3.63) is 23.2 Å². The molecule has 1 N–H and O–H groups in total. The molecular weight excluding hydrogens is 316 g/mol. The largest absolute Gasteiger partial charge is 0.444 e. The van der Waals surface area contributed by atoms with Crippen LogP contribution in [0.5, 0.6) is 0 Å². The predicted octanol–water partition coefficient (Wildman–Crippen LogP) is 2.87. The standard InChI is InChI=1S/C16H25ClN4O2/c1-16(2,3)23-15(22)20-9-12-5-4-8-21(10-12)11-13-14(17)19-7-6-18-13/h6-7,12H,4-5,8-11H2,1-3H3,(H,20,22)/t12-/m0/s1. The average molecular weight is 341 g/mol. The van der Waals surface area contributed by atoms with Crippen molar-refractivity contribution in [2.45, 2.75) is 45.8 Å². The van der Waals surface area contributed by atoms with Crippen molar-refractivity contribution in [3.8, 4) is 0 Å². The number of alkyl carbamates (subject to hydrolysis) is 1. The van der Waals surface area contributed by atoms with E-state index in [0.717, 1.165) is 31.6 Å². The number of ether oxygens (including phenoxy) is 1. The molecule has 1 fully saturated rings. The van der Waals surface area contributed by atoms with Gasteiger partial charge in [-0.05, 0) is 46.1 Å². The number of aromatic nitrogens is 2. The van der Waals surface area contributed by atoms with Gasteiger partial charge in [-0.25, -0.2) is 9.78 Å². The molecule has 2 rings (SSSR count). The highest BCUT2D eigenvalue weighted by atomic mass is 35.5. The first-order valence-corrected chi connectivity index (χ1v) is 8.36. The van der Waals surface area contributed by atoms with Gasteiger partial charge in [0.2, 0.25) is 0 Å². The van der Waals surface area contributed by atoms with Gasteiger partial charge in [-0.1, -0.05) is 11.6 Å². The number of amides is 1. The van der Waals surface area contributed by atoms with Crippen molar-refractivity contribution in [2.75, 3.05) is 19.6 Å². The highest BCUT2D eigenvalue weighted by molar-refractivity contribution is 6.29. The summed E-state index contributed by atoms with van der Waals surface area (Å²) in [7, 11) is 0. The van der Waals surface area contributed by atoms with Crippen LogP contribution in [-0.4, -0.2) is 46.2 Å². The quantitative estimate of drug-likeness (QED) is 0.912. The van der Waals surface area contributed by atoms with E-state index in [-0.39, 0.29) is 6.09 Å². The van der Waals surface area contributed by atoms with Crippen LogP contribution < -0.4 is 5.32 Å². The minimum absolute atomic E-state index is 0.355. The summed E-state index contributed by atoms with van der Waals surface area (Å²) in [4.78, 5) is 22.4. The van der Waals surface area contributed by atoms with E-state index in [0.29, 0.717) is 24.2 Å². The van der Waals surface area contributed by atoms with Gasteiger partial charge in [0, 0.05) is 32.0 Å². The van der Waals surface area contributed by atoms with Crippen LogP contribution in [-0.2, 0) is 11.3 Å². The van der Waals surface area contributed by atoms with E-state index >= 15 is 0 Å². The van der Waals surface area contributed by atoms with Crippen LogP contribution in [0, 0.1) is 5.92 Å². The molecule has 0 saturated carbocycles. The molecular formula is C16H25ClN4O2. The van der Waals surface area contributed by atoms with E-state index in [4.69, 9.17) is 16.3 Å². The van der Waals surface area contributed by atoms with Gasteiger partial charge in [0.25, 0.3) is 0 Å². The Morgan fingerprint density at radius 1 is 1.43 bits per heavy atom. The number of piperidine rings is 1. The maximum absolute atomic E-state index is 11.7. The third kappa shape index (κ3) is 6.31. The van der Waals surface area contributed by atoms with E-state index in [2.05, 4.69) is 20.2 Å². The van der Waals surface area contributed by atoms with Gasteiger partial charge >= 0.3 is 6.09 Å². The third-order valence-electron chi connectivity index (χ3n) is 3.63. The van der Waals surface area contributed by atoms with Gasteiger partial charge in [0.15, 0.2) is 5.15 Å². The average Bonchev–Trinajstić information content (AvgIpc) is 2.46. The molecule has 2 heterocycles. The summed E-state index contributed by atoms with van der Waals surface area (Å²) in [5.41, 5.74) is 0.334.